The van der Waals surface area contributed by atoms with E-state index in [1.165, 1.54) is 24.8 Å². The van der Waals surface area contributed by atoms with Crippen LogP contribution in [0.3, 0.4) is 0 Å². The fourth-order valence-corrected chi connectivity index (χ4v) is 5.96. The summed E-state index contributed by atoms with van der Waals surface area (Å²) in [7, 11) is -3.30. The summed E-state index contributed by atoms with van der Waals surface area (Å²) in [6, 6.07) is 15.3. The molecule has 1 heterocycles. The Balaban J connectivity index is 0.00000280. The number of sulfonamides is 1. The lowest BCUT2D eigenvalue weighted by molar-refractivity contribution is -0.128. The normalized spacial score (nSPS) is 17.6. The number of hydrogen-bond acceptors (Lipinski definition) is 6. The second-order valence-electron chi connectivity index (χ2n) is 10.6. The van der Waals surface area contributed by atoms with Gasteiger partial charge in [-0.15, -0.1) is 24.8 Å². The molecule has 1 saturated heterocycles. The molecule has 1 aliphatic heterocycles. The number of halogens is 2. The average molecular weight is 616 g/mol. The van der Waals surface area contributed by atoms with Crippen molar-refractivity contribution < 1.29 is 17.9 Å². The first-order chi connectivity index (χ1) is 18.3. The summed E-state index contributed by atoms with van der Waals surface area (Å²) in [5.41, 5.74) is 1.72. The van der Waals surface area contributed by atoms with Crippen LogP contribution in [0, 0.1) is 0 Å². The van der Waals surface area contributed by atoms with Gasteiger partial charge in [0.1, 0.15) is 11.5 Å². The van der Waals surface area contributed by atoms with Gasteiger partial charge in [0.15, 0.2) is 0 Å². The molecule has 1 atom stereocenters. The Hall–Kier alpha value is -2.04. The van der Waals surface area contributed by atoms with Crippen molar-refractivity contribution in [3.63, 3.8) is 0 Å². The van der Waals surface area contributed by atoms with E-state index in [2.05, 4.69) is 38.9 Å². The number of anilines is 1. The molecule has 1 unspecified atom stereocenters. The number of carbonyl (C=O) groups excluding carboxylic acids is 1. The highest BCUT2D eigenvalue weighted by Crippen LogP contribution is 2.24. The van der Waals surface area contributed by atoms with Crippen LogP contribution >= 0.6 is 24.8 Å². The molecule has 224 valence electrons. The number of benzene rings is 2. The molecule has 2 fully saturated rings. The number of carbonyl (C=O) groups is 1. The Bertz CT molecular complexity index is 1140. The monoisotopic (exact) mass is 614 g/mol. The summed E-state index contributed by atoms with van der Waals surface area (Å²) in [6.07, 6.45) is 9.05. The Morgan fingerprint density at radius 3 is 2.05 bits per heavy atom. The maximum atomic E-state index is 13.1. The van der Waals surface area contributed by atoms with Gasteiger partial charge < -0.3 is 10.1 Å². The number of ether oxygens (including phenoxy) is 1. The van der Waals surface area contributed by atoms with E-state index >= 15 is 0 Å². The highest BCUT2D eigenvalue weighted by Gasteiger charge is 2.30. The maximum Gasteiger partial charge on any atom is 0.237 e. The zero-order chi connectivity index (χ0) is 27.0. The van der Waals surface area contributed by atoms with E-state index in [0.29, 0.717) is 17.5 Å². The van der Waals surface area contributed by atoms with Crippen LogP contribution in [0.1, 0.15) is 57.4 Å². The summed E-state index contributed by atoms with van der Waals surface area (Å²) in [5.74, 6) is 1.60. The molecule has 1 amide bonds. The van der Waals surface area contributed by atoms with Crippen LogP contribution in [0.2, 0.25) is 0 Å². The van der Waals surface area contributed by atoms with Crippen LogP contribution in [0.4, 0.5) is 5.69 Å². The van der Waals surface area contributed by atoms with Crippen LogP contribution in [0.25, 0.3) is 0 Å². The Morgan fingerprint density at radius 2 is 1.50 bits per heavy atom. The number of piperazine rings is 1. The van der Waals surface area contributed by atoms with Crippen molar-refractivity contribution in [1.82, 2.24) is 15.1 Å². The van der Waals surface area contributed by atoms with Gasteiger partial charge in [0.25, 0.3) is 0 Å². The van der Waals surface area contributed by atoms with Crippen molar-refractivity contribution >= 4 is 46.4 Å². The minimum absolute atomic E-state index is 0. The van der Waals surface area contributed by atoms with Crippen LogP contribution in [0.15, 0.2) is 48.5 Å². The third-order valence-electron chi connectivity index (χ3n) is 7.39. The van der Waals surface area contributed by atoms with E-state index in [1.807, 2.05) is 12.1 Å². The van der Waals surface area contributed by atoms with E-state index in [4.69, 9.17) is 4.74 Å². The van der Waals surface area contributed by atoms with Crippen LogP contribution in [0.5, 0.6) is 11.5 Å². The minimum Gasteiger partial charge on any atom is -0.457 e. The number of nitrogens with zero attached hydrogens (tertiary/aromatic N) is 2. The average Bonchev–Trinajstić information content (AvgIpc) is 2.90. The number of hydrogen-bond donors (Lipinski definition) is 2. The second kappa shape index (κ2) is 16.4. The highest BCUT2D eigenvalue weighted by molar-refractivity contribution is 7.92. The molecule has 40 heavy (non-hydrogen) atoms. The van der Waals surface area contributed by atoms with E-state index in [1.54, 1.807) is 24.3 Å². The Morgan fingerprint density at radius 1 is 0.925 bits per heavy atom. The van der Waals surface area contributed by atoms with Crippen molar-refractivity contribution in [1.29, 1.82) is 0 Å². The molecule has 0 spiro atoms. The summed E-state index contributed by atoms with van der Waals surface area (Å²) in [5, 5.41) is 3.35. The number of rotatable bonds is 11. The lowest BCUT2D eigenvalue weighted by Crippen LogP contribution is -2.56. The predicted molar refractivity (Wildman–Crippen MR) is 166 cm³/mol. The summed E-state index contributed by atoms with van der Waals surface area (Å²) < 4.78 is 31.1. The van der Waals surface area contributed by atoms with Gasteiger partial charge in [0.2, 0.25) is 15.9 Å². The quantitative estimate of drug-likeness (QED) is 0.351. The molecular formula is C29H44Cl2N4O4S. The summed E-state index contributed by atoms with van der Waals surface area (Å²) >= 11 is 0. The van der Waals surface area contributed by atoms with Gasteiger partial charge in [0, 0.05) is 44.5 Å². The second-order valence-corrected chi connectivity index (χ2v) is 12.4. The van der Waals surface area contributed by atoms with Gasteiger partial charge in [-0.05, 0) is 61.2 Å². The van der Waals surface area contributed by atoms with E-state index < -0.39 is 10.0 Å². The smallest absolute Gasteiger partial charge is 0.237 e. The van der Waals surface area contributed by atoms with Gasteiger partial charge in [-0.1, -0.05) is 44.7 Å². The molecule has 2 aliphatic rings. The van der Waals surface area contributed by atoms with E-state index in [-0.39, 0.29) is 36.8 Å². The largest absolute Gasteiger partial charge is 0.457 e. The fraction of sp³-hybridized carbons (Fsp3) is 0.552. The van der Waals surface area contributed by atoms with Gasteiger partial charge >= 0.3 is 0 Å². The molecule has 1 saturated carbocycles. The van der Waals surface area contributed by atoms with Gasteiger partial charge in [-0.25, -0.2) is 8.42 Å². The third-order valence-corrected chi connectivity index (χ3v) is 7.99. The SMILES string of the molecule is CCCC(C(=O)NC1CCCCC1)N1CCN(Cc2ccc(Oc3ccc(NS(C)(=O)=O)cc3)cc2)CC1.Cl.Cl. The lowest BCUT2D eigenvalue weighted by Gasteiger charge is -2.39. The summed E-state index contributed by atoms with van der Waals surface area (Å²) in [4.78, 5) is 17.9. The van der Waals surface area contributed by atoms with Gasteiger partial charge in [0.05, 0.1) is 12.3 Å². The molecular weight excluding hydrogens is 571 g/mol. The maximum absolute atomic E-state index is 13.1. The molecule has 4 rings (SSSR count). The highest BCUT2D eigenvalue weighted by atomic mass is 35.5. The van der Waals surface area contributed by atoms with E-state index in [0.717, 1.165) is 70.4 Å². The van der Waals surface area contributed by atoms with Crippen LogP contribution in [-0.2, 0) is 21.4 Å². The van der Waals surface area contributed by atoms with E-state index in [9.17, 15) is 13.2 Å². The van der Waals surface area contributed by atoms with Gasteiger partial charge in [-0.3, -0.25) is 19.3 Å². The van der Waals surface area contributed by atoms with Crippen molar-refractivity contribution in [2.75, 3.05) is 37.2 Å². The number of amides is 1. The topological polar surface area (TPSA) is 91.0 Å². The first-order valence-electron chi connectivity index (χ1n) is 13.9. The predicted octanol–water partition coefficient (Wildman–Crippen LogP) is 5.43. The molecule has 11 heteroatoms. The van der Waals surface area contributed by atoms with Crippen molar-refractivity contribution in [2.45, 2.75) is 70.5 Å². The zero-order valence-corrected chi connectivity index (χ0v) is 26.0. The molecule has 2 N–H and O–H groups in total. The molecule has 1 aliphatic carbocycles. The molecule has 0 bridgehead atoms. The molecule has 0 aromatic heterocycles. The summed E-state index contributed by atoms with van der Waals surface area (Å²) in [6.45, 7) is 6.75. The number of nitrogens with one attached hydrogen (secondary N) is 2. The molecule has 2 aromatic rings. The first kappa shape index (κ1) is 34.2. The van der Waals surface area contributed by atoms with Crippen LogP contribution < -0.4 is 14.8 Å². The molecule has 8 nitrogen and oxygen atoms in total. The third kappa shape index (κ3) is 10.7. The first-order valence-corrected chi connectivity index (χ1v) is 15.8. The standard InChI is InChI=1S/C29H42N4O4S.2ClH/c1-3-7-28(29(34)30-24-8-5-4-6-9-24)33-20-18-32(19-21-33)22-23-10-14-26(15-11-23)37-27-16-12-25(13-17-27)31-38(2,35)36;;/h10-17,24,28,31H,3-9,18-22H2,1-2H3,(H,30,34);2*1H. The van der Waals surface area contributed by atoms with Crippen molar-refractivity contribution in [2.24, 2.45) is 0 Å². The van der Waals surface area contributed by atoms with Gasteiger partial charge in [-0.2, -0.15) is 0 Å². The Labute approximate surface area is 252 Å². The Kier molecular flexibility index (Phi) is 14.0. The fourth-order valence-electron chi connectivity index (χ4n) is 5.39. The van der Waals surface area contributed by atoms with Crippen molar-refractivity contribution in [3.05, 3.63) is 54.1 Å². The molecule has 0 radical (unpaired) electrons. The molecule has 2 aromatic carbocycles. The minimum atomic E-state index is -3.30. The van der Waals surface area contributed by atoms with Crippen molar-refractivity contribution in [3.8, 4) is 11.5 Å². The zero-order valence-electron chi connectivity index (χ0n) is 23.5. The van der Waals surface area contributed by atoms with Crippen LogP contribution in [-0.4, -0.2) is 68.6 Å². The lowest BCUT2D eigenvalue weighted by atomic mass is 9.95.